The van der Waals surface area contributed by atoms with Crippen molar-refractivity contribution in [1.82, 2.24) is 4.90 Å². The van der Waals surface area contributed by atoms with Crippen LogP contribution in [0.5, 0.6) is 0 Å². The molecule has 0 unspecified atom stereocenters. The van der Waals surface area contributed by atoms with Gasteiger partial charge in [0.1, 0.15) is 0 Å². The second-order valence-electron chi connectivity index (χ2n) is 5.95. The normalized spacial score (nSPS) is 31.1. The smallest absolute Gasteiger partial charge is 0.181 e. The summed E-state index contributed by atoms with van der Waals surface area (Å²) in [6.07, 6.45) is 9.53. The van der Waals surface area contributed by atoms with Gasteiger partial charge in [-0.05, 0) is 31.7 Å². The summed E-state index contributed by atoms with van der Waals surface area (Å²) in [5.74, 6) is 0.702. The standard InChI is InChI=1S/C14H25NO2/c1-2-5-13(6-3-1)11-15-8-4-7-14(12-15)16-9-10-17-14/h13H,1-12H2. The number of ether oxygens (including phenoxy) is 2. The highest BCUT2D eigenvalue weighted by Gasteiger charge is 2.40. The summed E-state index contributed by atoms with van der Waals surface area (Å²) in [5, 5.41) is 0. The van der Waals surface area contributed by atoms with Gasteiger partial charge in [-0.15, -0.1) is 0 Å². The fourth-order valence-corrected chi connectivity index (χ4v) is 3.69. The maximum absolute atomic E-state index is 5.84. The molecule has 3 aliphatic rings. The molecule has 2 heterocycles. The van der Waals surface area contributed by atoms with Crippen molar-refractivity contribution >= 4 is 0 Å². The molecule has 0 amide bonds. The zero-order valence-corrected chi connectivity index (χ0v) is 10.8. The number of hydrogen-bond donors (Lipinski definition) is 0. The topological polar surface area (TPSA) is 21.7 Å². The molecular weight excluding hydrogens is 214 g/mol. The maximum atomic E-state index is 5.84. The average molecular weight is 239 g/mol. The van der Waals surface area contributed by atoms with E-state index in [1.165, 1.54) is 51.6 Å². The monoisotopic (exact) mass is 239 g/mol. The molecule has 3 fully saturated rings. The van der Waals surface area contributed by atoms with Gasteiger partial charge in [0.25, 0.3) is 0 Å². The SMILES string of the molecule is C1CCC(CN2CCCC3(C2)OCCO3)CC1. The summed E-state index contributed by atoms with van der Waals surface area (Å²) < 4.78 is 11.7. The molecule has 0 bridgehead atoms. The third kappa shape index (κ3) is 2.83. The quantitative estimate of drug-likeness (QED) is 0.738. The molecule has 0 aromatic rings. The van der Waals surface area contributed by atoms with E-state index in [0.717, 1.165) is 32.1 Å². The van der Waals surface area contributed by atoms with Crippen LogP contribution in [0.2, 0.25) is 0 Å². The van der Waals surface area contributed by atoms with E-state index >= 15 is 0 Å². The van der Waals surface area contributed by atoms with Crippen LogP contribution in [0.25, 0.3) is 0 Å². The molecule has 1 aliphatic carbocycles. The van der Waals surface area contributed by atoms with Crippen molar-refractivity contribution in [1.29, 1.82) is 0 Å². The Morgan fingerprint density at radius 1 is 1.00 bits per heavy atom. The Hall–Kier alpha value is -0.120. The van der Waals surface area contributed by atoms with Gasteiger partial charge in [0.15, 0.2) is 5.79 Å². The van der Waals surface area contributed by atoms with E-state index in [1.807, 2.05) is 0 Å². The lowest BCUT2D eigenvalue weighted by Crippen LogP contribution is -2.50. The van der Waals surface area contributed by atoms with Crippen LogP contribution in [0.4, 0.5) is 0 Å². The highest BCUT2D eigenvalue weighted by atomic mass is 16.7. The van der Waals surface area contributed by atoms with Crippen LogP contribution in [0, 0.1) is 5.92 Å². The molecule has 2 aliphatic heterocycles. The molecule has 0 atom stereocenters. The third-order valence-electron chi connectivity index (χ3n) is 4.55. The summed E-state index contributed by atoms with van der Waals surface area (Å²) >= 11 is 0. The number of likely N-dealkylation sites (tertiary alicyclic amines) is 1. The minimum Gasteiger partial charge on any atom is -0.346 e. The number of nitrogens with zero attached hydrogens (tertiary/aromatic N) is 1. The van der Waals surface area contributed by atoms with Gasteiger partial charge in [-0.3, -0.25) is 4.90 Å². The van der Waals surface area contributed by atoms with E-state index in [1.54, 1.807) is 0 Å². The molecule has 1 spiro atoms. The van der Waals surface area contributed by atoms with E-state index in [0.29, 0.717) is 0 Å². The van der Waals surface area contributed by atoms with E-state index in [4.69, 9.17) is 9.47 Å². The van der Waals surface area contributed by atoms with Gasteiger partial charge < -0.3 is 9.47 Å². The van der Waals surface area contributed by atoms with Crippen LogP contribution in [-0.4, -0.2) is 43.5 Å². The van der Waals surface area contributed by atoms with Crippen molar-refractivity contribution in [3.8, 4) is 0 Å². The lowest BCUT2D eigenvalue weighted by Gasteiger charge is -2.40. The van der Waals surface area contributed by atoms with Gasteiger partial charge in [-0.2, -0.15) is 0 Å². The summed E-state index contributed by atoms with van der Waals surface area (Å²) in [5.41, 5.74) is 0. The first-order chi connectivity index (χ1) is 8.36. The van der Waals surface area contributed by atoms with Crippen LogP contribution in [0.15, 0.2) is 0 Å². The predicted octanol–water partition coefficient (Wildman–Crippen LogP) is 2.41. The largest absolute Gasteiger partial charge is 0.346 e. The first kappa shape index (κ1) is 11.9. The minimum absolute atomic E-state index is 0.229. The number of piperidine rings is 1. The predicted molar refractivity (Wildman–Crippen MR) is 66.9 cm³/mol. The van der Waals surface area contributed by atoms with Crippen molar-refractivity contribution in [3.05, 3.63) is 0 Å². The number of rotatable bonds is 2. The lowest BCUT2D eigenvalue weighted by atomic mass is 9.88. The van der Waals surface area contributed by atoms with Crippen LogP contribution < -0.4 is 0 Å². The molecule has 98 valence electrons. The van der Waals surface area contributed by atoms with Crippen molar-refractivity contribution in [2.75, 3.05) is 32.8 Å². The van der Waals surface area contributed by atoms with Gasteiger partial charge in [0.05, 0.1) is 19.8 Å². The Morgan fingerprint density at radius 2 is 1.76 bits per heavy atom. The van der Waals surface area contributed by atoms with Gasteiger partial charge >= 0.3 is 0 Å². The van der Waals surface area contributed by atoms with E-state index in [2.05, 4.69) is 4.90 Å². The zero-order chi connectivity index (χ0) is 11.6. The van der Waals surface area contributed by atoms with E-state index in [-0.39, 0.29) is 5.79 Å². The third-order valence-corrected chi connectivity index (χ3v) is 4.55. The molecular formula is C14H25NO2. The molecule has 3 nitrogen and oxygen atoms in total. The second-order valence-corrected chi connectivity index (χ2v) is 5.95. The Balaban J connectivity index is 1.52. The Labute approximate surface area is 104 Å². The van der Waals surface area contributed by atoms with Crippen LogP contribution in [0.1, 0.15) is 44.9 Å². The molecule has 0 radical (unpaired) electrons. The Kier molecular flexibility index (Phi) is 3.69. The molecule has 2 saturated heterocycles. The Bertz CT molecular complexity index is 245. The molecule has 0 N–H and O–H groups in total. The summed E-state index contributed by atoms with van der Waals surface area (Å²) in [4.78, 5) is 2.59. The molecule has 3 rings (SSSR count). The fourth-order valence-electron chi connectivity index (χ4n) is 3.69. The summed E-state index contributed by atoms with van der Waals surface area (Å²) in [7, 11) is 0. The lowest BCUT2D eigenvalue weighted by molar-refractivity contribution is -0.190. The van der Waals surface area contributed by atoms with Crippen LogP contribution in [-0.2, 0) is 9.47 Å². The first-order valence-electron chi connectivity index (χ1n) is 7.37. The van der Waals surface area contributed by atoms with Gasteiger partial charge in [-0.1, -0.05) is 19.3 Å². The van der Waals surface area contributed by atoms with Gasteiger partial charge in [-0.25, -0.2) is 0 Å². The average Bonchev–Trinajstić information content (AvgIpc) is 2.79. The van der Waals surface area contributed by atoms with Crippen LogP contribution in [0.3, 0.4) is 0 Å². The minimum atomic E-state index is -0.229. The second kappa shape index (κ2) is 5.25. The Morgan fingerprint density at radius 3 is 2.53 bits per heavy atom. The summed E-state index contributed by atoms with van der Waals surface area (Å²) in [6.45, 7) is 5.09. The highest BCUT2D eigenvalue weighted by Crippen LogP contribution is 2.32. The van der Waals surface area contributed by atoms with Gasteiger partial charge in [0.2, 0.25) is 0 Å². The van der Waals surface area contributed by atoms with Crippen molar-refractivity contribution in [2.45, 2.75) is 50.7 Å². The van der Waals surface area contributed by atoms with E-state index in [9.17, 15) is 0 Å². The molecule has 0 aromatic heterocycles. The van der Waals surface area contributed by atoms with Crippen LogP contribution >= 0.6 is 0 Å². The molecule has 0 aromatic carbocycles. The first-order valence-corrected chi connectivity index (χ1v) is 7.37. The van der Waals surface area contributed by atoms with Crippen molar-refractivity contribution in [2.24, 2.45) is 5.92 Å². The van der Waals surface area contributed by atoms with Crippen molar-refractivity contribution < 1.29 is 9.47 Å². The van der Waals surface area contributed by atoms with Gasteiger partial charge in [0, 0.05) is 13.0 Å². The highest BCUT2D eigenvalue weighted by molar-refractivity contribution is 4.85. The van der Waals surface area contributed by atoms with Crippen molar-refractivity contribution in [3.63, 3.8) is 0 Å². The summed E-state index contributed by atoms with van der Waals surface area (Å²) in [6, 6.07) is 0. The molecule has 17 heavy (non-hydrogen) atoms. The maximum Gasteiger partial charge on any atom is 0.181 e. The van der Waals surface area contributed by atoms with E-state index < -0.39 is 0 Å². The molecule has 3 heteroatoms. The number of hydrogen-bond acceptors (Lipinski definition) is 3. The fraction of sp³-hybridized carbons (Fsp3) is 1.00. The zero-order valence-electron chi connectivity index (χ0n) is 10.8. The molecule has 1 saturated carbocycles.